The topological polar surface area (TPSA) is 67.4 Å². The first-order valence-electron chi connectivity index (χ1n) is 8.65. The van der Waals surface area contributed by atoms with Gasteiger partial charge in [-0.05, 0) is 84.9 Å². The smallest absolute Gasteiger partial charge is 0.262 e. The van der Waals surface area contributed by atoms with Crippen molar-refractivity contribution in [3.05, 3.63) is 45.1 Å². The van der Waals surface area contributed by atoms with Gasteiger partial charge in [0.2, 0.25) is 5.91 Å². The second-order valence-electron chi connectivity index (χ2n) is 6.34. The van der Waals surface area contributed by atoms with Crippen molar-refractivity contribution < 1.29 is 14.3 Å². The van der Waals surface area contributed by atoms with Crippen molar-refractivity contribution in [2.45, 2.75) is 44.8 Å². The zero-order chi connectivity index (χ0) is 18.5. The summed E-state index contributed by atoms with van der Waals surface area (Å²) in [6, 6.07) is 10.2. The van der Waals surface area contributed by atoms with E-state index in [1.165, 1.54) is 24.2 Å². The van der Waals surface area contributed by atoms with Crippen molar-refractivity contribution in [2.24, 2.45) is 0 Å². The number of nitrogens with one attached hydrogen (secondary N) is 2. The van der Waals surface area contributed by atoms with Crippen LogP contribution in [0.2, 0.25) is 0 Å². The molecule has 0 radical (unpaired) electrons. The lowest BCUT2D eigenvalue weighted by Gasteiger charge is -2.15. The van der Waals surface area contributed by atoms with Crippen LogP contribution in [0.15, 0.2) is 40.2 Å². The van der Waals surface area contributed by atoms with Crippen LogP contribution in [0.3, 0.4) is 0 Å². The summed E-state index contributed by atoms with van der Waals surface area (Å²) in [7, 11) is 0. The molecule has 1 saturated carbocycles. The van der Waals surface area contributed by atoms with E-state index in [0.717, 1.165) is 22.4 Å². The van der Waals surface area contributed by atoms with Gasteiger partial charge in [-0.2, -0.15) is 0 Å². The summed E-state index contributed by atoms with van der Waals surface area (Å²) in [6.07, 6.45) is 4.98. The van der Waals surface area contributed by atoms with E-state index >= 15 is 0 Å². The molecule has 7 heteroatoms. The summed E-state index contributed by atoms with van der Waals surface area (Å²) < 4.78 is 6.79. The number of amides is 2. The van der Waals surface area contributed by atoms with Gasteiger partial charge in [0.25, 0.3) is 5.91 Å². The van der Waals surface area contributed by atoms with Crippen LogP contribution in [0.5, 0.6) is 5.75 Å². The van der Waals surface area contributed by atoms with E-state index < -0.39 is 6.04 Å². The number of rotatable bonds is 6. The number of benzene rings is 1. The fourth-order valence-corrected chi connectivity index (χ4v) is 4.12. The Morgan fingerprint density at radius 1 is 1.15 bits per heavy atom. The Balaban J connectivity index is 1.50. The number of hydrogen-bond acceptors (Lipinski definition) is 4. The molecule has 1 aromatic heterocycles. The van der Waals surface area contributed by atoms with E-state index in [2.05, 4.69) is 26.6 Å². The Kier molecular flexibility index (Phi) is 6.32. The van der Waals surface area contributed by atoms with Crippen molar-refractivity contribution >= 4 is 44.8 Å². The third kappa shape index (κ3) is 5.08. The summed E-state index contributed by atoms with van der Waals surface area (Å²) in [5, 5.41) is 5.51. The first-order chi connectivity index (χ1) is 12.5. The second-order valence-corrected chi connectivity index (χ2v) is 8.80. The molecule has 1 aliphatic rings. The molecular weight excluding hydrogens is 416 g/mol. The quantitative estimate of drug-likeness (QED) is 0.695. The van der Waals surface area contributed by atoms with Gasteiger partial charge in [0, 0.05) is 5.69 Å². The molecule has 138 valence electrons. The van der Waals surface area contributed by atoms with E-state index in [1.807, 2.05) is 24.3 Å². The van der Waals surface area contributed by atoms with Gasteiger partial charge >= 0.3 is 0 Å². The lowest BCUT2D eigenvalue weighted by molar-refractivity contribution is -0.117. The van der Waals surface area contributed by atoms with Gasteiger partial charge in [-0.1, -0.05) is 0 Å². The molecule has 1 atom stereocenters. The highest BCUT2D eigenvalue weighted by molar-refractivity contribution is 9.11. The molecule has 2 N–H and O–H groups in total. The summed E-state index contributed by atoms with van der Waals surface area (Å²) in [5.41, 5.74) is 0.675. The number of carbonyl (C=O) groups excluding carboxylic acids is 2. The Labute approximate surface area is 165 Å². The molecule has 1 heterocycles. The van der Waals surface area contributed by atoms with E-state index in [4.69, 9.17) is 4.74 Å². The van der Waals surface area contributed by atoms with Crippen LogP contribution in [0.4, 0.5) is 5.69 Å². The molecule has 0 spiro atoms. The molecule has 0 saturated heterocycles. The van der Waals surface area contributed by atoms with Crippen molar-refractivity contribution in [1.82, 2.24) is 5.32 Å². The number of carbonyl (C=O) groups is 2. The maximum atomic E-state index is 12.3. The maximum absolute atomic E-state index is 12.3. The van der Waals surface area contributed by atoms with E-state index in [0.29, 0.717) is 16.7 Å². The van der Waals surface area contributed by atoms with Gasteiger partial charge in [0.15, 0.2) is 0 Å². The number of ether oxygens (including phenoxy) is 1. The average molecular weight is 437 g/mol. The molecule has 3 rings (SSSR count). The van der Waals surface area contributed by atoms with Gasteiger partial charge in [-0.25, -0.2) is 0 Å². The Morgan fingerprint density at radius 3 is 2.46 bits per heavy atom. The van der Waals surface area contributed by atoms with Crippen molar-refractivity contribution in [3.63, 3.8) is 0 Å². The summed E-state index contributed by atoms with van der Waals surface area (Å²) >= 11 is 4.65. The van der Waals surface area contributed by atoms with E-state index in [-0.39, 0.29) is 11.8 Å². The zero-order valence-electron chi connectivity index (χ0n) is 14.5. The number of hydrogen-bond donors (Lipinski definition) is 2. The van der Waals surface area contributed by atoms with Crippen molar-refractivity contribution in [2.75, 3.05) is 5.32 Å². The van der Waals surface area contributed by atoms with Gasteiger partial charge in [-0.15, -0.1) is 11.3 Å². The number of anilines is 1. The molecule has 1 fully saturated rings. The number of halogens is 1. The van der Waals surface area contributed by atoms with Gasteiger partial charge in [0.05, 0.1) is 14.8 Å². The highest BCUT2D eigenvalue weighted by Crippen LogP contribution is 2.25. The molecule has 26 heavy (non-hydrogen) atoms. The molecule has 2 amide bonds. The summed E-state index contributed by atoms with van der Waals surface area (Å²) in [4.78, 5) is 25.0. The van der Waals surface area contributed by atoms with Crippen LogP contribution in [0.1, 0.15) is 42.3 Å². The summed E-state index contributed by atoms with van der Waals surface area (Å²) in [6.45, 7) is 1.66. The monoisotopic (exact) mass is 436 g/mol. The Hall–Kier alpha value is -1.86. The third-order valence-electron chi connectivity index (χ3n) is 4.26. The largest absolute Gasteiger partial charge is 0.490 e. The molecule has 0 bridgehead atoms. The van der Waals surface area contributed by atoms with Crippen molar-refractivity contribution in [3.8, 4) is 5.75 Å². The Morgan fingerprint density at radius 2 is 1.85 bits per heavy atom. The second kappa shape index (κ2) is 8.68. The average Bonchev–Trinajstić information content (AvgIpc) is 3.28. The van der Waals surface area contributed by atoms with Crippen LogP contribution >= 0.6 is 27.3 Å². The van der Waals surface area contributed by atoms with E-state index in [9.17, 15) is 9.59 Å². The SMILES string of the molecule is CC(NC(=O)c1ccc(Br)s1)C(=O)Nc1ccc(OC2CCCC2)cc1. The van der Waals surface area contributed by atoms with Gasteiger partial charge in [0.1, 0.15) is 11.8 Å². The fraction of sp³-hybridized carbons (Fsp3) is 0.368. The normalized spacial score (nSPS) is 15.5. The molecular formula is C19H21BrN2O3S. The molecule has 0 aliphatic heterocycles. The van der Waals surface area contributed by atoms with Crippen molar-refractivity contribution in [1.29, 1.82) is 0 Å². The molecule has 2 aromatic rings. The summed E-state index contributed by atoms with van der Waals surface area (Å²) in [5.74, 6) is 0.293. The van der Waals surface area contributed by atoms with Crippen LogP contribution in [-0.2, 0) is 4.79 Å². The molecule has 1 aliphatic carbocycles. The highest BCUT2D eigenvalue weighted by atomic mass is 79.9. The molecule has 1 unspecified atom stereocenters. The first kappa shape index (κ1) is 18.9. The lowest BCUT2D eigenvalue weighted by atomic mass is 10.2. The minimum absolute atomic E-state index is 0.260. The lowest BCUT2D eigenvalue weighted by Crippen LogP contribution is -2.41. The first-order valence-corrected chi connectivity index (χ1v) is 10.3. The van der Waals surface area contributed by atoms with Crippen LogP contribution in [-0.4, -0.2) is 24.0 Å². The standard InChI is InChI=1S/C19H21BrN2O3S/c1-12(21-19(24)16-10-11-17(20)26-16)18(23)22-13-6-8-15(9-7-13)25-14-4-2-3-5-14/h6-12,14H,2-5H2,1H3,(H,21,24)(H,22,23). The van der Waals surface area contributed by atoms with Gasteiger partial charge < -0.3 is 15.4 Å². The Bertz CT molecular complexity index is 769. The predicted octanol–water partition coefficient (Wildman–Crippen LogP) is 4.59. The van der Waals surface area contributed by atoms with Crippen LogP contribution < -0.4 is 15.4 Å². The highest BCUT2D eigenvalue weighted by Gasteiger charge is 2.19. The van der Waals surface area contributed by atoms with E-state index in [1.54, 1.807) is 19.1 Å². The number of thiophene rings is 1. The minimum Gasteiger partial charge on any atom is -0.490 e. The predicted molar refractivity (Wildman–Crippen MR) is 107 cm³/mol. The van der Waals surface area contributed by atoms with Gasteiger partial charge in [-0.3, -0.25) is 9.59 Å². The third-order valence-corrected chi connectivity index (χ3v) is 5.89. The maximum Gasteiger partial charge on any atom is 0.262 e. The minimum atomic E-state index is -0.641. The van der Waals surface area contributed by atoms with Crippen LogP contribution in [0.25, 0.3) is 0 Å². The zero-order valence-corrected chi connectivity index (χ0v) is 16.9. The molecule has 5 nitrogen and oxygen atoms in total. The van der Waals surface area contributed by atoms with Crippen LogP contribution in [0, 0.1) is 0 Å². The molecule has 1 aromatic carbocycles. The fourth-order valence-electron chi connectivity index (χ4n) is 2.84.